The first kappa shape index (κ1) is 61.1. The molecule has 2 aliphatic rings. The molecule has 0 saturated heterocycles. The summed E-state index contributed by atoms with van der Waals surface area (Å²) in [7, 11) is -6.51. The summed E-state index contributed by atoms with van der Waals surface area (Å²) in [5, 5.41) is 34.9. The summed E-state index contributed by atoms with van der Waals surface area (Å²) in [5.41, 5.74) is 11.6. The first-order valence-corrected chi connectivity index (χ1v) is 27.9. The van der Waals surface area contributed by atoms with Crippen molar-refractivity contribution in [1.82, 2.24) is 35.6 Å². The minimum absolute atomic E-state index is 0.0143. The van der Waals surface area contributed by atoms with Gasteiger partial charge in [-0.2, -0.15) is 4.72 Å². The Bertz CT molecular complexity index is 3190. The van der Waals surface area contributed by atoms with Gasteiger partial charge in [-0.25, -0.2) is 41.5 Å². The van der Waals surface area contributed by atoms with Crippen molar-refractivity contribution in [3.8, 4) is 22.5 Å². The van der Waals surface area contributed by atoms with Crippen LogP contribution in [-0.2, 0) is 60.0 Å². The van der Waals surface area contributed by atoms with Crippen molar-refractivity contribution >= 4 is 72.8 Å². The van der Waals surface area contributed by atoms with E-state index in [2.05, 4.69) is 36.0 Å². The topological polar surface area (TPSA) is 330 Å². The average molecular weight is 1140 g/mol. The summed E-state index contributed by atoms with van der Waals surface area (Å²) in [5.74, 6) is -2.58. The second-order valence-corrected chi connectivity index (χ2v) is 21.6. The van der Waals surface area contributed by atoms with Crippen LogP contribution < -0.4 is 26.2 Å². The van der Waals surface area contributed by atoms with Gasteiger partial charge in [0.1, 0.15) is 15.8 Å². The number of carboxylic acids is 1. The number of nitrogens with two attached hydrogens (primary N) is 2. The monoisotopic (exact) mass is 1140 g/mol. The van der Waals surface area contributed by atoms with Crippen molar-refractivity contribution in [2.45, 2.75) is 82.2 Å². The number of sulfonamides is 2. The number of amides is 1. The lowest BCUT2D eigenvalue weighted by Gasteiger charge is -2.32. The maximum Gasteiger partial charge on any atom is 0.336 e. The number of fused-ring (bicyclic) bond motifs is 1. The van der Waals surface area contributed by atoms with E-state index < -0.39 is 54.8 Å². The van der Waals surface area contributed by atoms with E-state index in [-0.39, 0.29) is 59.4 Å². The van der Waals surface area contributed by atoms with Crippen LogP contribution in [0.2, 0.25) is 10.0 Å². The number of methoxy groups -OCH3 is 1. The summed E-state index contributed by atoms with van der Waals surface area (Å²) >= 11 is 12.1. The van der Waals surface area contributed by atoms with Crippen LogP contribution in [-0.4, -0.2) is 117 Å². The molecule has 7 rings (SSSR count). The average Bonchev–Trinajstić information content (AvgIpc) is 3.95. The Labute approximate surface area is 457 Å². The number of esters is 2. The third-order valence-corrected chi connectivity index (χ3v) is 15.0. The number of nitrogens with zero attached hydrogens (tertiary/aromatic N) is 4. The van der Waals surface area contributed by atoms with E-state index in [9.17, 15) is 41.1 Å². The van der Waals surface area contributed by atoms with Gasteiger partial charge in [-0.05, 0) is 77.1 Å². The lowest BCUT2D eigenvalue weighted by atomic mass is 9.80. The Balaban J connectivity index is 0.000000222. The maximum absolute atomic E-state index is 12.9. The fourth-order valence-corrected chi connectivity index (χ4v) is 10.9. The number of carboxylic acid groups (broad SMARTS) is 1. The number of dihydropyridines is 1. The molecule has 0 bridgehead atoms. The number of allylic oxidation sites excluding steroid dienone is 1. The molecule has 0 aliphatic carbocycles. The molecule has 3 heterocycles. The van der Waals surface area contributed by atoms with E-state index in [1.807, 2.05) is 69.3 Å². The van der Waals surface area contributed by atoms with Gasteiger partial charge in [0.25, 0.3) is 0 Å². The normalized spacial score (nSPS) is 15.1. The number of aliphatic carboxylic acids is 1. The zero-order valence-electron chi connectivity index (χ0n) is 43.1. The molecule has 1 unspecified atom stereocenters. The number of nitrogens with one attached hydrogen (secondary N) is 4. The molecule has 77 heavy (non-hydrogen) atoms. The third-order valence-electron chi connectivity index (χ3n) is 11.9. The molecule has 5 aromatic rings. The fourth-order valence-electron chi connectivity index (χ4n) is 8.33. The Morgan fingerprint density at radius 1 is 0.935 bits per heavy atom. The first-order valence-electron chi connectivity index (χ1n) is 24.1. The molecule has 0 fully saturated rings. The molecule has 2 atom stereocenters. The zero-order chi connectivity index (χ0) is 56.6. The van der Waals surface area contributed by atoms with E-state index >= 15 is 0 Å². The predicted molar refractivity (Wildman–Crippen MR) is 289 cm³/mol. The number of anilines is 1. The molecule has 414 valence electrons. The van der Waals surface area contributed by atoms with Crippen LogP contribution in [0.15, 0.2) is 117 Å². The summed E-state index contributed by atoms with van der Waals surface area (Å²) < 4.78 is 63.7. The number of carbonyl (C=O) groups excluding carboxylic acids is 3. The van der Waals surface area contributed by atoms with Crippen LogP contribution in [0, 0.1) is 5.92 Å². The molecule has 1 aromatic heterocycles. The molecular formula is C51H62Cl2N10O12S2. The number of aromatic amines is 1. The quantitative estimate of drug-likeness (QED) is 0.0364. The highest BCUT2D eigenvalue weighted by molar-refractivity contribution is 7.90. The van der Waals surface area contributed by atoms with E-state index in [1.54, 1.807) is 38.1 Å². The standard InChI is InChI=1S/C24H29N5O3.C20H25ClN2O5.C7H8ClN3O4S2/c1-4-5-10-21(30)29(22(16(2)3)24(31)32)15-17-11-13-18(14-12-17)19-8-6-7-9-20(19)23-25-27-28-26-23;1-4-28-20(25)18-15(11-27-10-9-22)23-12(2)16(19(24)26-3)17(18)13-7-5-6-8-14(13)21;8-4-1-5-7(2-6(4)16(9,12)13)17(14,15)11-3-10-5/h6-9,11-14,16,22H,4-5,10,15H2,1-3H3,(H,31,32)(H,25,26,27,28);5-8,17,23H,4,9-11,22H2,1-3H3;1-2,10-11H,3H2,(H2,9,12,13)/t22-;;/m0../s1. The fraction of sp³-hybridized carbons (Fsp3) is 0.353. The van der Waals surface area contributed by atoms with Crippen LogP contribution in [0.5, 0.6) is 0 Å². The Hall–Kier alpha value is -6.77. The van der Waals surface area contributed by atoms with Crippen molar-refractivity contribution < 1.29 is 55.3 Å². The van der Waals surface area contributed by atoms with Crippen molar-refractivity contribution in [2.75, 3.05) is 45.5 Å². The van der Waals surface area contributed by atoms with Gasteiger partial charge in [-0.3, -0.25) is 4.79 Å². The van der Waals surface area contributed by atoms with Gasteiger partial charge in [0.05, 0.1) is 67.1 Å². The van der Waals surface area contributed by atoms with Crippen molar-refractivity contribution in [3.63, 3.8) is 0 Å². The number of rotatable bonds is 19. The van der Waals surface area contributed by atoms with Crippen LogP contribution in [0.1, 0.15) is 70.9 Å². The Kier molecular flexibility index (Phi) is 22.2. The molecule has 2 aliphatic heterocycles. The highest BCUT2D eigenvalue weighted by atomic mass is 35.5. The number of ether oxygens (including phenoxy) is 3. The van der Waals surface area contributed by atoms with Crippen molar-refractivity contribution in [1.29, 1.82) is 0 Å². The summed E-state index contributed by atoms with van der Waals surface area (Å²) in [6, 6.07) is 24.0. The number of hydrogen-bond donors (Lipinski definition) is 7. The van der Waals surface area contributed by atoms with Gasteiger partial charge >= 0.3 is 17.9 Å². The number of unbranched alkanes of at least 4 members (excludes halogenated alkanes) is 1. The third kappa shape index (κ3) is 15.7. The smallest absolute Gasteiger partial charge is 0.336 e. The second-order valence-electron chi connectivity index (χ2n) is 17.5. The summed E-state index contributed by atoms with van der Waals surface area (Å²) in [4.78, 5) is 51.1. The number of halogens is 2. The van der Waals surface area contributed by atoms with Gasteiger partial charge in [0.2, 0.25) is 26.0 Å². The summed E-state index contributed by atoms with van der Waals surface area (Å²) in [6.45, 7) is 10.4. The van der Waals surface area contributed by atoms with Crippen LogP contribution in [0.3, 0.4) is 0 Å². The highest BCUT2D eigenvalue weighted by Crippen LogP contribution is 2.42. The van der Waals surface area contributed by atoms with Crippen molar-refractivity contribution in [2.24, 2.45) is 16.8 Å². The molecule has 0 radical (unpaired) electrons. The van der Waals surface area contributed by atoms with E-state index in [0.29, 0.717) is 53.0 Å². The molecule has 0 spiro atoms. The molecule has 4 aromatic carbocycles. The van der Waals surface area contributed by atoms with Gasteiger partial charge in [0.15, 0.2) is 5.82 Å². The Morgan fingerprint density at radius 3 is 2.19 bits per heavy atom. The van der Waals surface area contributed by atoms with Crippen LogP contribution in [0.25, 0.3) is 22.5 Å². The molecule has 26 heteroatoms. The predicted octanol–water partition coefficient (Wildman–Crippen LogP) is 6.08. The number of primary sulfonamides is 1. The summed E-state index contributed by atoms with van der Waals surface area (Å²) in [6.07, 6.45) is 1.98. The molecule has 22 nitrogen and oxygen atoms in total. The van der Waals surface area contributed by atoms with E-state index in [0.717, 1.165) is 41.2 Å². The highest BCUT2D eigenvalue weighted by Gasteiger charge is 2.40. The molecule has 9 N–H and O–H groups in total. The maximum atomic E-state index is 12.9. The SMILES string of the molecule is CCCCC(=O)N(Cc1ccc(-c2ccccc2-c2nnn[nH]2)cc1)[C@H](C(=O)O)C(C)C.CCOC(=O)C1=C(COCCN)NC(C)=C(C(=O)OC)C1c1ccccc1Cl.NS(=O)(=O)c1cc2c(cc1Cl)NCNS2(=O)=O. The lowest BCUT2D eigenvalue weighted by Crippen LogP contribution is -2.47. The number of aromatic nitrogens is 4. The number of tetrazole rings is 1. The van der Waals surface area contributed by atoms with Gasteiger partial charge < -0.3 is 40.6 Å². The molecule has 0 saturated carbocycles. The van der Waals surface area contributed by atoms with Gasteiger partial charge in [0, 0.05) is 35.8 Å². The second kappa shape index (κ2) is 28.0. The number of H-pyrrole nitrogens is 1. The van der Waals surface area contributed by atoms with Crippen LogP contribution >= 0.6 is 23.2 Å². The first-order chi connectivity index (χ1) is 36.6. The largest absolute Gasteiger partial charge is 0.480 e. The van der Waals surface area contributed by atoms with Crippen LogP contribution in [0.4, 0.5) is 5.69 Å². The lowest BCUT2D eigenvalue weighted by molar-refractivity contribution is -0.153. The molecule has 1 amide bonds. The minimum Gasteiger partial charge on any atom is -0.480 e. The Morgan fingerprint density at radius 2 is 1.61 bits per heavy atom. The minimum atomic E-state index is -4.07. The van der Waals surface area contributed by atoms with Gasteiger partial charge in [-0.15, -0.1) is 5.10 Å². The number of benzene rings is 4. The number of hydrogen-bond acceptors (Lipinski definition) is 17. The van der Waals surface area contributed by atoms with Crippen molar-refractivity contribution in [3.05, 3.63) is 129 Å². The number of carbonyl (C=O) groups is 4. The van der Waals surface area contributed by atoms with Gasteiger partial charge in [-0.1, -0.05) is 117 Å². The van der Waals surface area contributed by atoms with E-state index in [1.165, 1.54) is 18.1 Å². The molecular weight excluding hydrogens is 1080 g/mol. The van der Waals surface area contributed by atoms with E-state index in [4.69, 9.17) is 48.3 Å². The zero-order valence-corrected chi connectivity index (χ0v) is 46.3.